The Morgan fingerprint density at radius 3 is 1.93 bits per heavy atom. The predicted molar refractivity (Wildman–Crippen MR) is 63.9 cm³/mol. The summed E-state index contributed by atoms with van der Waals surface area (Å²) in [6.45, 7) is 0. The average Bonchev–Trinajstić information content (AvgIpc) is 2.22. The average molecular weight is 187 g/mol. The van der Waals surface area contributed by atoms with Gasteiger partial charge in [0.25, 0.3) is 0 Å². The Morgan fingerprint density at radius 1 is 0.500 bits per heavy atom. The Balaban J connectivity index is 2.35. The molecule has 0 aromatic carbocycles. The topological polar surface area (TPSA) is 0 Å². The first-order chi connectivity index (χ1) is 7.00. The molecule has 0 atom stereocenters. The summed E-state index contributed by atoms with van der Waals surface area (Å²) in [4.78, 5) is 0. The first kappa shape index (κ1) is 11.0. The molecule has 0 saturated heterocycles. The Hall–Kier alpha value is -1.04. The van der Waals surface area contributed by atoms with Crippen molar-refractivity contribution < 1.29 is 0 Å². The van der Waals surface area contributed by atoms with E-state index in [1.54, 1.807) is 0 Å². The van der Waals surface area contributed by atoms with Crippen LogP contribution in [0.1, 0.15) is 32.1 Å². The second kappa shape index (κ2) is 8.55. The Bertz CT molecular complexity index is 228. The summed E-state index contributed by atoms with van der Waals surface area (Å²) in [5.41, 5.74) is 0. The van der Waals surface area contributed by atoms with Crippen molar-refractivity contribution in [1.29, 1.82) is 0 Å². The van der Waals surface area contributed by atoms with E-state index in [1.165, 1.54) is 19.3 Å². The molecule has 1 rings (SSSR count). The van der Waals surface area contributed by atoms with Crippen LogP contribution >= 0.6 is 0 Å². The number of hydrogen-bond acceptors (Lipinski definition) is 0. The van der Waals surface area contributed by atoms with Crippen molar-refractivity contribution in [2.75, 3.05) is 0 Å². The summed E-state index contributed by atoms with van der Waals surface area (Å²) < 4.78 is 0. The third-order valence-electron chi connectivity index (χ3n) is 2.12. The normalized spacial score (nSPS) is 28.6. The third-order valence-corrected chi connectivity index (χ3v) is 2.12. The van der Waals surface area contributed by atoms with Crippen LogP contribution in [-0.4, -0.2) is 0 Å². The van der Waals surface area contributed by atoms with E-state index in [0.717, 1.165) is 12.8 Å². The summed E-state index contributed by atoms with van der Waals surface area (Å²) in [6.07, 6.45) is 25.5. The Labute approximate surface area is 87.7 Å². The van der Waals surface area contributed by atoms with E-state index in [4.69, 9.17) is 0 Å². The van der Waals surface area contributed by atoms with Crippen LogP contribution in [-0.2, 0) is 0 Å². The molecule has 0 unspecified atom stereocenters. The lowest BCUT2D eigenvalue weighted by molar-refractivity contribution is 0.841. The molecule has 0 saturated carbocycles. The van der Waals surface area contributed by atoms with E-state index >= 15 is 0 Å². The summed E-state index contributed by atoms with van der Waals surface area (Å²) in [6, 6.07) is 0. The van der Waals surface area contributed by atoms with Gasteiger partial charge in [0.05, 0.1) is 0 Å². The van der Waals surface area contributed by atoms with Gasteiger partial charge in [-0.05, 0) is 38.5 Å². The maximum absolute atomic E-state index is 2.26. The van der Waals surface area contributed by atoms with Gasteiger partial charge in [0.15, 0.2) is 0 Å². The first-order valence-corrected chi connectivity index (χ1v) is 5.47. The highest BCUT2D eigenvalue weighted by atomic mass is 13.9. The van der Waals surface area contributed by atoms with Crippen molar-refractivity contribution in [3.8, 4) is 0 Å². The fraction of sp³-hybridized carbons (Fsp3) is 0.357. The van der Waals surface area contributed by atoms with Gasteiger partial charge in [-0.2, -0.15) is 0 Å². The molecule has 0 heteroatoms. The zero-order valence-corrected chi connectivity index (χ0v) is 8.73. The van der Waals surface area contributed by atoms with Crippen LogP contribution in [0.3, 0.4) is 0 Å². The quantitative estimate of drug-likeness (QED) is 0.528. The van der Waals surface area contributed by atoms with Gasteiger partial charge in [0.1, 0.15) is 0 Å². The third kappa shape index (κ3) is 6.47. The van der Waals surface area contributed by atoms with Crippen LogP contribution in [0.2, 0.25) is 0 Å². The SMILES string of the molecule is [CH]1/C=C/CC/C=C/C=C/C=C\CCC1. The summed E-state index contributed by atoms with van der Waals surface area (Å²) >= 11 is 0. The standard InChI is InChI=1S/C14H19/c1-2-4-6-8-10-12-14-13-11-9-7-5-3-1/h1-6,11,13-14H,7-10,12H2/b2-1+,5-3+,6-4-,13-11+. The molecule has 0 bridgehead atoms. The number of hydrogen-bond donors (Lipinski definition) is 0. The van der Waals surface area contributed by atoms with Crippen molar-refractivity contribution in [3.05, 3.63) is 55.0 Å². The molecular weight excluding hydrogens is 168 g/mol. The van der Waals surface area contributed by atoms with Gasteiger partial charge in [-0.1, -0.05) is 48.6 Å². The van der Waals surface area contributed by atoms with Crippen LogP contribution in [0.4, 0.5) is 0 Å². The molecule has 0 aromatic heterocycles. The molecular formula is C14H19. The number of allylic oxidation sites excluding steroid dienone is 8. The highest BCUT2D eigenvalue weighted by Gasteiger charge is 1.84. The molecule has 0 nitrogen and oxygen atoms in total. The van der Waals surface area contributed by atoms with E-state index in [-0.39, 0.29) is 0 Å². The van der Waals surface area contributed by atoms with Gasteiger partial charge in [-0.15, -0.1) is 0 Å². The lowest BCUT2D eigenvalue weighted by Crippen LogP contribution is -1.74. The molecule has 0 heterocycles. The van der Waals surface area contributed by atoms with Crippen molar-refractivity contribution in [2.45, 2.75) is 32.1 Å². The van der Waals surface area contributed by atoms with Crippen molar-refractivity contribution >= 4 is 0 Å². The van der Waals surface area contributed by atoms with Gasteiger partial charge in [0, 0.05) is 0 Å². The summed E-state index contributed by atoms with van der Waals surface area (Å²) in [7, 11) is 0. The van der Waals surface area contributed by atoms with Crippen molar-refractivity contribution in [2.24, 2.45) is 0 Å². The predicted octanol–water partition coefficient (Wildman–Crippen LogP) is 4.38. The van der Waals surface area contributed by atoms with Gasteiger partial charge in [-0.25, -0.2) is 0 Å². The van der Waals surface area contributed by atoms with E-state index in [0.29, 0.717) is 0 Å². The largest absolute Gasteiger partial charge is 0.0879 e. The molecule has 0 aromatic rings. The molecule has 0 spiro atoms. The highest BCUT2D eigenvalue weighted by Crippen LogP contribution is 2.03. The molecule has 0 amide bonds. The lowest BCUT2D eigenvalue weighted by Gasteiger charge is -1.93. The summed E-state index contributed by atoms with van der Waals surface area (Å²) in [5, 5.41) is 0. The number of rotatable bonds is 0. The van der Waals surface area contributed by atoms with E-state index in [9.17, 15) is 0 Å². The second-order valence-corrected chi connectivity index (χ2v) is 3.41. The van der Waals surface area contributed by atoms with Gasteiger partial charge in [0.2, 0.25) is 0 Å². The minimum Gasteiger partial charge on any atom is -0.0879 e. The molecule has 75 valence electrons. The van der Waals surface area contributed by atoms with Gasteiger partial charge in [-0.3, -0.25) is 0 Å². The van der Waals surface area contributed by atoms with E-state index in [2.05, 4.69) is 55.0 Å². The lowest BCUT2D eigenvalue weighted by atomic mass is 10.1. The van der Waals surface area contributed by atoms with Crippen molar-refractivity contribution in [3.63, 3.8) is 0 Å². The zero-order valence-electron chi connectivity index (χ0n) is 8.73. The molecule has 0 N–H and O–H groups in total. The monoisotopic (exact) mass is 187 g/mol. The molecule has 14 heavy (non-hydrogen) atoms. The zero-order chi connectivity index (χ0) is 9.90. The van der Waals surface area contributed by atoms with Crippen LogP contribution in [0.15, 0.2) is 48.6 Å². The summed E-state index contributed by atoms with van der Waals surface area (Å²) in [5.74, 6) is 0. The van der Waals surface area contributed by atoms with Gasteiger partial charge < -0.3 is 0 Å². The smallest absolute Gasteiger partial charge is 0.0170 e. The minimum atomic E-state index is 1.14. The fourth-order valence-corrected chi connectivity index (χ4v) is 1.31. The second-order valence-electron chi connectivity index (χ2n) is 3.41. The van der Waals surface area contributed by atoms with Crippen LogP contribution < -0.4 is 0 Å². The molecule has 1 radical (unpaired) electrons. The maximum atomic E-state index is 2.26. The molecule has 0 aliphatic heterocycles. The van der Waals surface area contributed by atoms with Crippen molar-refractivity contribution in [1.82, 2.24) is 0 Å². The fourth-order valence-electron chi connectivity index (χ4n) is 1.31. The van der Waals surface area contributed by atoms with E-state index < -0.39 is 0 Å². The first-order valence-electron chi connectivity index (χ1n) is 5.47. The highest BCUT2D eigenvalue weighted by molar-refractivity contribution is 5.11. The van der Waals surface area contributed by atoms with Crippen LogP contribution in [0.5, 0.6) is 0 Å². The van der Waals surface area contributed by atoms with Crippen LogP contribution in [0.25, 0.3) is 0 Å². The molecule has 1 aliphatic carbocycles. The Morgan fingerprint density at radius 2 is 1.14 bits per heavy atom. The molecule has 0 fully saturated rings. The van der Waals surface area contributed by atoms with E-state index in [1.807, 2.05) is 0 Å². The minimum absolute atomic E-state index is 1.14. The Kier molecular flexibility index (Phi) is 6.74. The maximum Gasteiger partial charge on any atom is -0.0170 e. The van der Waals surface area contributed by atoms with Crippen LogP contribution in [0, 0.1) is 6.42 Å². The molecule has 1 aliphatic rings. The van der Waals surface area contributed by atoms with Gasteiger partial charge >= 0.3 is 0 Å².